The lowest BCUT2D eigenvalue weighted by atomic mass is 10.1. The third-order valence-electron chi connectivity index (χ3n) is 1.47. The maximum Gasteiger partial charge on any atom is 0.0776 e. The quantitative estimate of drug-likeness (QED) is 0.635. The van der Waals surface area contributed by atoms with Crippen molar-refractivity contribution in [2.75, 3.05) is 5.73 Å². The molecule has 1 rings (SSSR count). The summed E-state index contributed by atoms with van der Waals surface area (Å²) in [6.07, 6.45) is -0.539. The largest absolute Gasteiger partial charge is 0.399 e. The molecule has 0 radical (unpaired) electrons. The van der Waals surface area contributed by atoms with Crippen LogP contribution < -0.4 is 5.73 Å². The van der Waals surface area contributed by atoms with Crippen LogP contribution in [0.25, 0.3) is 0 Å². The lowest BCUT2D eigenvalue weighted by Crippen LogP contribution is -1.93. The molecule has 0 bridgehead atoms. The van der Waals surface area contributed by atoms with Gasteiger partial charge in [-0.25, -0.2) is 0 Å². The molecule has 2 nitrogen and oxygen atoms in total. The Morgan fingerprint density at radius 3 is 2.64 bits per heavy atom. The van der Waals surface area contributed by atoms with E-state index in [2.05, 4.69) is 0 Å². The van der Waals surface area contributed by atoms with E-state index in [9.17, 15) is 5.11 Å². The van der Waals surface area contributed by atoms with Gasteiger partial charge in [-0.15, -0.1) is 0 Å². The van der Waals surface area contributed by atoms with Crippen molar-refractivity contribution < 1.29 is 5.11 Å². The first-order valence-electron chi connectivity index (χ1n) is 3.34. The van der Waals surface area contributed by atoms with E-state index in [0.29, 0.717) is 16.3 Å². The molecule has 0 heterocycles. The molecule has 60 valence electrons. The summed E-state index contributed by atoms with van der Waals surface area (Å²) >= 11 is 5.78. The average Bonchev–Trinajstić information content (AvgIpc) is 1.85. The second kappa shape index (κ2) is 3.11. The summed E-state index contributed by atoms with van der Waals surface area (Å²) in [5.41, 5.74) is 6.78. The van der Waals surface area contributed by atoms with E-state index in [1.54, 1.807) is 25.1 Å². The lowest BCUT2D eigenvalue weighted by Gasteiger charge is -2.06. The Balaban J connectivity index is 3.09. The van der Waals surface area contributed by atoms with E-state index in [-0.39, 0.29) is 0 Å². The first-order valence-corrected chi connectivity index (χ1v) is 3.72. The van der Waals surface area contributed by atoms with E-state index < -0.39 is 6.10 Å². The Hall–Kier alpha value is -0.730. The van der Waals surface area contributed by atoms with Crippen LogP contribution in [-0.4, -0.2) is 5.11 Å². The molecule has 0 aliphatic carbocycles. The summed E-state index contributed by atoms with van der Waals surface area (Å²) in [5, 5.41) is 9.68. The standard InChI is InChI=1S/C8H10ClNO/c1-5(11)7-3-2-6(10)4-8(7)9/h2-5,11H,10H2,1H3. The van der Waals surface area contributed by atoms with Crippen LogP contribution in [0.3, 0.4) is 0 Å². The Morgan fingerprint density at radius 1 is 1.55 bits per heavy atom. The zero-order valence-electron chi connectivity index (χ0n) is 6.21. The Labute approximate surface area is 70.6 Å². The molecule has 0 aliphatic heterocycles. The molecule has 1 atom stereocenters. The van der Waals surface area contributed by atoms with E-state index in [1.807, 2.05) is 0 Å². The van der Waals surface area contributed by atoms with Gasteiger partial charge in [-0.1, -0.05) is 17.7 Å². The Kier molecular flexibility index (Phi) is 2.37. The molecule has 1 unspecified atom stereocenters. The molecule has 3 heteroatoms. The van der Waals surface area contributed by atoms with Gasteiger partial charge in [-0.05, 0) is 24.6 Å². The molecule has 0 aromatic heterocycles. The summed E-state index contributed by atoms with van der Waals surface area (Å²) in [5.74, 6) is 0. The maximum absolute atomic E-state index is 9.17. The third kappa shape index (κ3) is 1.85. The zero-order chi connectivity index (χ0) is 8.43. The molecule has 0 saturated heterocycles. The molecule has 0 spiro atoms. The number of anilines is 1. The molecule has 3 N–H and O–H groups in total. The first-order chi connectivity index (χ1) is 5.11. The smallest absolute Gasteiger partial charge is 0.0776 e. The summed E-state index contributed by atoms with van der Waals surface area (Å²) < 4.78 is 0. The minimum atomic E-state index is -0.539. The average molecular weight is 172 g/mol. The van der Waals surface area contributed by atoms with E-state index in [1.165, 1.54) is 0 Å². The fraction of sp³-hybridized carbons (Fsp3) is 0.250. The van der Waals surface area contributed by atoms with Gasteiger partial charge in [0.2, 0.25) is 0 Å². The van der Waals surface area contributed by atoms with Crippen LogP contribution in [0.2, 0.25) is 5.02 Å². The minimum Gasteiger partial charge on any atom is -0.399 e. The van der Waals surface area contributed by atoms with Crippen molar-refractivity contribution in [3.05, 3.63) is 28.8 Å². The molecule has 0 saturated carbocycles. The molecular weight excluding hydrogens is 162 g/mol. The number of aliphatic hydroxyl groups excluding tert-OH is 1. The monoisotopic (exact) mass is 171 g/mol. The van der Waals surface area contributed by atoms with Crippen molar-refractivity contribution in [3.8, 4) is 0 Å². The van der Waals surface area contributed by atoms with Gasteiger partial charge in [0.1, 0.15) is 0 Å². The highest BCUT2D eigenvalue weighted by atomic mass is 35.5. The molecule has 11 heavy (non-hydrogen) atoms. The predicted molar refractivity (Wildman–Crippen MR) is 46.5 cm³/mol. The number of hydrogen-bond acceptors (Lipinski definition) is 2. The molecule has 1 aromatic carbocycles. The number of benzene rings is 1. The lowest BCUT2D eigenvalue weighted by molar-refractivity contribution is 0.199. The van der Waals surface area contributed by atoms with Crippen molar-refractivity contribution >= 4 is 17.3 Å². The van der Waals surface area contributed by atoms with Gasteiger partial charge in [-0.3, -0.25) is 0 Å². The first kappa shape index (κ1) is 8.37. The molecule has 0 aliphatic rings. The number of hydrogen-bond donors (Lipinski definition) is 2. The van der Waals surface area contributed by atoms with Crippen LogP contribution in [-0.2, 0) is 0 Å². The molecule has 0 amide bonds. The summed E-state index contributed by atoms with van der Waals surface area (Å²) in [6.45, 7) is 1.66. The van der Waals surface area contributed by atoms with Gasteiger partial charge in [-0.2, -0.15) is 0 Å². The molecule has 0 fully saturated rings. The molecule has 1 aromatic rings. The van der Waals surface area contributed by atoms with Crippen molar-refractivity contribution in [2.45, 2.75) is 13.0 Å². The van der Waals surface area contributed by atoms with E-state index in [0.717, 1.165) is 0 Å². The number of aliphatic hydroxyl groups is 1. The highest BCUT2D eigenvalue weighted by molar-refractivity contribution is 6.31. The second-order valence-electron chi connectivity index (χ2n) is 2.46. The van der Waals surface area contributed by atoms with Crippen molar-refractivity contribution in [1.29, 1.82) is 0 Å². The van der Waals surface area contributed by atoms with Crippen LogP contribution in [0.15, 0.2) is 18.2 Å². The Bertz CT molecular complexity index is 260. The summed E-state index contributed by atoms with van der Waals surface area (Å²) in [7, 11) is 0. The normalized spacial score (nSPS) is 13.0. The number of halogens is 1. The SMILES string of the molecule is CC(O)c1ccc(N)cc1Cl. The fourth-order valence-corrected chi connectivity index (χ4v) is 1.23. The van der Waals surface area contributed by atoms with E-state index in [4.69, 9.17) is 17.3 Å². The van der Waals surface area contributed by atoms with Gasteiger partial charge >= 0.3 is 0 Å². The van der Waals surface area contributed by atoms with Gasteiger partial charge < -0.3 is 10.8 Å². The van der Waals surface area contributed by atoms with Gasteiger partial charge in [0.25, 0.3) is 0 Å². The minimum absolute atomic E-state index is 0.514. The predicted octanol–water partition coefficient (Wildman–Crippen LogP) is 1.98. The van der Waals surface area contributed by atoms with Crippen molar-refractivity contribution in [2.24, 2.45) is 0 Å². The highest BCUT2D eigenvalue weighted by Crippen LogP contribution is 2.24. The van der Waals surface area contributed by atoms with Crippen LogP contribution in [0.5, 0.6) is 0 Å². The third-order valence-corrected chi connectivity index (χ3v) is 1.80. The summed E-state index contributed by atoms with van der Waals surface area (Å²) in [4.78, 5) is 0. The topological polar surface area (TPSA) is 46.2 Å². The highest BCUT2D eigenvalue weighted by Gasteiger charge is 2.04. The molecular formula is C8H10ClNO. The van der Waals surface area contributed by atoms with Gasteiger partial charge in [0.05, 0.1) is 6.10 Å². The Morgan fingerprint density at radius 2 is 2.18 bits per heavy atom. The second-order valence-corrected chi connectivity index (χ2v) is 2.86. The fourth-order valence-electron chi connectivity index (χ4n) is 0.882. The van der Waals surface area contributed by atoms with Gasteiger partial charge in [0.15, 0.2) is 0 Å². The van der Waals surface area contributed by atoms with Crippen molar-refractivity contribution in [1.82, 2.24) is 0 Å². The summed E-state index contributed by atoms with van der Waals surface area (Å²) in [6, 6.07) is 5.07. The number of nitrogens with two attached hydrogens (primary N) is 1. The van der Waals surface area contributed by atoms with Crippen molar-refractivity contribution in [3.63, 3.8) is 0 Å². The van der Waals surface area contributed by atoms with Crippen LogP contribution in [0.1, 0.15) is 18.6 Å². The van der Waals surface area contributed by atoms with Crippen LogP contribution in [0.4, 0.5) is 5.69 Å². The zero-order valence-corrected chi connectivity index (χ0v) is 6.97. The van der Waals surface area contributed by atoms with E-state index >= 15 is 0 Å². The van der Waals surface area contributed by atoms with Crippen LogP contribution >= 0.6 is 11.6 Å². The number of nitrogen functional groups attached to an aromatic ring is 1. The number of rotatable bonds is 1. The van der Waals surface area contributed by atoms with Crippen LogP contribution in [0, 0.1) is 0 Å². The van der Waals surface area contributed by atoms with Gasteiger partial charge in [0, 0.05) is 10.7 Å². The maximum atomic E-state index is 9.17.